The molecule has 5 heteroatoms. The summed E-state index contributed by atoms with van der Waals surface area (Å²) in [6.45, 7) is 0.377. The third-order valence-corrected chi connectivity index (χ3v) is 2.21. The molecule has 1 unspecified atom stereocenters. The lowest BCUT2D eigenvalue weighted by Crippen LogP contribution is -2.39. The van der Waals surface area contributed by atoms with E-state index in [-0.39, 0.29) is 12.3 Å². The first-order chi connectivity index (χ1) is 5.33. The zero-order valence-corrected chi connectivity index (χ0v) is 6.88. The van der Waals surface area contributed by atoms with Crippen LogP contribution >= 0.6 is 12.9 Å². The number of nitrogens with one attached hydrogen (secondary N) is 1. The molecule has 4 nitrogen and oxygen atoms in total. The van der Waals surface area contributed by atoms with Crippen LogP contribution in [0.5, 0.6) is 0 Å². The van der Waals surface area contributed by atoms with Gasteiger partial charge < -0.3 is 0 Å². The van der Waals surface area contributed by atoms with E-state index in [0.29, 0.717) is 12.6 Å². The lowest BCUT2D eigenvalue weighted by atomic mass is 10.5. The van der Waals surface area contributed by atoms with Gasteiger partial charge in [0.2, 0.25) is 12.3 Å². The van der Waals surface area contributed by atoms with Gasteiger partial charge in [-0.2, -0.15) is 0 Å². The number of hydrogen-bond donors (Lipinski definition) is 2. The van der Waals surface area contributed by atoms with E-state index in [0.717, 1.165) is 12.8 Å². The first-order valence-electron chi connectivity index (χ1n) is 3.67. The maximum Gasteiger partial charge on any atom is 0.240 e. The van der Waals surface area contributed by atoms with Crippen molar-refractivity contribution in [1.82, 2.24) is 10.2 Å². The van der Waals surface area contributed by atoms with Crippen LogP contribution in [0.15, 0.2) is 0 Å². The number of thiol groups is 1. The zero-order valence-electron chi connectivity index (χ0n) is 5.99. The number of amides is 1. The number of hydrogen-bond acceptors (Lipinski definition) is 4. The SMILES string of the molecule is O=C1CNC(OS)N1C1CC1. The molecule has 11 heavy (non-hydrogen) atoms. The summed E-state index contributed by atoms with van der Waals surface area (Å²) in [6.07, 6.45) is 1.89. The Morgan fingerprint density at radius 2 is 2.36 bits per heavy atom. The molecule has 1 saturated carbocycles. The molecule has 2 aliphatic rings. The predicted molar refractivity (Wildman–Crippen MR) is 41.7 cm³/mol. The van der Waals surface area contributed by atoms with Crippen LogP contribution in [0.25, 0.3) is 0 Å². The van der Waals surface area contributed by atoms with E-state index in [9.17, 15) is 4.79 Å². The fourth-order valence-corrected chi connectivity index (χ4v) is 1.51. The van der Waals surface area contributed by atoms with E-state index in [1.54, 1.807) is 4.90 Å². The first kappa shape index (κ1) is 7.39. The van der Waals surface area contributed by atoms with Crippen molar-refractivity contribution in [2.75, 3.05) is 6.54 Å². The van der Waals surface area contributed by atoms with Crippen LogP contribution in [0.4, 0.5) is 0 Å². The molecule has 1 saturated heterocycles. The highest BCUT2D eigenvalue weighted by Crippen LogP contribution is 2.30. The van der Waals surface area contributed by atoms with E-state index in [4.69, 9.17) is 4.18 Å². The Hall–Kier alpha value is -0.260. The minimum atomic E-state index is -0.307. The molecule has 1 aliphatic carbocycles. The zero-order chi connectivity index (χ0) is 7.84. The van der Waals surface area contributed by atoms with Crippen LogP contribution in [0.3, 0.4) is 0 Å². The largest absolute Gasteiger partial charge is 0.299 e. The van der Waals surface area contributed by atoms with Crippen molar-refractivity contribution in [1.29, 1.82) is 0 Å². The summed E-state index contributed by atoms with van der Waals surface area (Å²) in [5.41, 5.74) is 0. The van der Waals surface area contributed by atoms with E-state index in [1.807, 2.05) is 0 Å². The number of carbonyl (C=O) groups excluding carboxylic acids is 1. The summed E-state index contributed by atoms with van der Waals surface area (Å²) in [6, 6.07) is 0.398. The third kappa shape index (κ3) is 1.23. The van der Waals surface area contributed by atoms with E-state index < -0.39 is 0 Å². The van der Waals surface area contributed by atoms with Gasteiger partial charge in [0.25, 0.3) is 0 Å². The third-order valence-electron chi connectivity index (χ3n) is 2.01. The normalized spacial score (nSPS) is 31.5. The molecule has 0 bridgehead atoms. The molecule has 2 fully saturated rings. The molecule has 1 heterocycles. The highest BCUT2D eigenvalue weighted by molar-refractivity contribution is 7.75. The summed E-state index contributed by atoms with van der Waals surface area (Å²) in [5, 5.41) is 2.91. The Balaban J connectivity index is 2.05. The summed E-state index contributed by atoms with van der Waals surface area (Å²) in [5.74, 6) is 0.117. The molecule has 1 aliphatic heterocycles. The van der Waals surface area contributed by atoms with Gasteiger partial charge >= 0.3 is 0 Å². The van der Waals surface area contributed by atoms with Crippen LogP contribution in [-0.4, -0.2) is 29.7 Å². The number of nitrogens with zero attached hydrogens (tertiary/aromatic N) is 1. The van der Waals surface area contributed by atoms with Gasteiger partial charge in [0, 0.05) is 6.04 Å². The Bertz CT molecular complexity index is 183. The quantitative estimate of drug-likeness (QED) is 0.447. The van der Waals surface area contributed by atoms with Crippen molar-refractivity contribution in [3.63, 3.8) is 0 Å². The summed E-state index contributed by atoms with van der Waals surface area (Å²) >= 11 is 3.68. The molecule has 0 radical (unpaired) electrons. The van der Waals surface area contributed by atoms with Crippen LogP contribution in [0.2, 0.25) is 0 Å². The van der Waals surface area contributed by atoms with Gasteiger partial charge in [-0.15, -0.1) is 0 Å². The molecular weight excluding hydrogens is 164 g/mol. The standard InChI is InChI=1S/C6H10N2O2S/c9-5-3-7-6(10-11)8(5)4-1-2-4/h4,6-7,11H,1-3H2. The van der Waals surface area contributed by atoms with Crippen molar-refractivity contribution in [3.8, 4) is 0 Å². The molecule has 62 valence electrons. The predicted octanol–water partition coefficient (Wildman–Crippen LogP) is -0.274. The smallest absolute Gasteiger partial charge is 0.240 e. The summed E-state index contributed by atoms with van der Waals surface area (Å²) in [7, 11) is 0. The Labute approximate surface area is 70.5 Å². The molecule has 2 rings (SSSR count). The van der Waals surface area contributed by atoms with Crippen LogP contribution < -0.4 is 5.32 Å². The van der Waals surface area contributed by atoms with Crippen molar-refractivity contribution < 1.29 is 8.98 Å². The maximum absolute atomic E-state index is 11.2. The van der Waals surface area contributed by atoms with Crippen LogP contribution in [-0.2, 0) is 8.98 Å². The Morgan fingerprint density at radius 1 is 1.64 bits per heavy atom. The molecule has 1 amide bonds. The second-order valence-electron chi connectivity index (χ2n) is 2.87. The highest BCUT2D eigenvalue weighted by Gasteiger charge is 2.41. The highest BCUT2D eigenvalue weighted by atomic mass is 32.1. The molecule has 0 spiro atoms. The van der Waals surface area contributed by atoms with Gasteiger partial charge in [-0.1, -0.05) is 0 Å². The minimum absolute atomic E-state index is 0.117. The topological polar surface area (TPSA) is 41.6 Å². The lowest BCUT2D eigenvalue weighted by molar-refractivity contribution is -0.131. The van der Waals surface area contributed by atoms with Gasteiger partial charge in [-0.05, 0) is 25.8 Å². The fourth-order valence-electron chi connectivity index (χ4n) is 1.33. The molecular formula is C6H10N2O2S. The van der Waals surface area contributed by atoms with Crippen molar-refractivity contribution in [2.24, 2.45) is 0 Å². The Kier molecular flexibility index (Phi) is 1.78. The number of carbonyl (C=O) groups is 1. The second-order valence-corrected chi connectivity index (χ2v) is 3.08. The van der Waals surface area contributed by atoms with Crippen molar-refractivity contribution in [2.45, 2.75) is 25.2 Å². The average molecular weight is 174 g/mol. The van der Waals surface area contributed by atoms with Gasteiger partial charge in [0.15, 0.2) is 0 Å². The Morgan fingerprint density at radius 3 is 2.91 bits per heavy atom. The summed E-state index contributed by atoms with van der Waals surface area (Å²) in [4.78, 5) is 12.9. The van der Waals surface area contributed by atoms with Crippen LogP contribution in [0.1, 0.15) is 12.8 Å². The van der Waals surface area contributed by atoms with E-state index in [1.165, 1.54) is 0 Å². The van der Waals surface area contributed by atoms with Crippen LogP contribution in [0, 0.1) is 0 Å². The van der Waals surface area contributed by atoms with Gasteiger partial charge in [-0.3, -0.25) is 19.2 Å². The monoisotopic (exact) mass is 174 g/mol. The van der Waals surface area contributed by atoms with Crippen molar-refractivity contribution in [3.05, 3.63) is 0 Å². The molecule has 0 aromatic carbocycles. The molecule has 1 atom stereocenters. The first-order valence-corrected chi connectivity index (χ1v) is 4.04. The minimum Gasteiger partial charge on any atom is -0.299 e. The summed E-state index contributed by atoms with van der Waals surface area (Å²) < 4.78 is 4.78. The number of rotatable bonds is 2. The molecule has 1 N–H and O–H groups in total. The molecule has 0 aromatic rings. The average Bonchev–Trinajstić information content (AvgIpc) is 2.76. The van der Waals surface area contributed by atoms with E-state index >= 15 is 0 Å². The fraction of sp³-hybridized carbons (Fsp3) is 0.833. The van der Waals surface area contributed by atoms with Gasteiger partial charge in [0.05, 0.1) is 6.54 Å². The van der Waals surface area contributed by atoms with Crippen molar-refractivity contribution >= 4 is 18.8 Å². The van der Waals surface area contributed by atoms with Gasteiger partial charge in [0.1, 0.15) is 0 Å². The second kappa shape index (κ2) is 2.66. The van der Waals surface area contributed by atoms with Gasteiger partial charge in [-0.25, -0.2) is 0 Å². The maximum atomic E-state index is 11.2. The molecule has 0 aromatic heterocycles. The van der Waals surface area contributed by atoms with E-state index in [2.05, 4.69) is 18.2 Å². The lowest BCUT2D eigenvalue weighted by Gasteiger charge is -2.20.